The van der Waals surface area contributed by atoms with Gasteiger partial charge in [0.2, 0.25) is 0 Å². The zero-order chi connectivity index (χ0) is 9.19. The van der Waals surface area contributed by atoms with Crippen LogP contribution in [0.2, 0.25) is 0 Å². The summed E-state index contributed by atoms with van der Waals surface area (Å²) in [6.07, 6.45) is 4.08. The average Bonchev–Trinajstić information content (AvgIpc) is 2.30. The van der Waals surface area contributed by atoms with E-state index in [2.05, 4.69) is 33.0 Å². The van der Waals surface area contributed by atoms with E-state index in [0.29, 0.717) is 5.54 Å². The van der Waals surface area contributed by atoms with Gasteiger partial charge in [-0.05, 0) is 38.6 Å². The molecule has 1 nitrogen and oxygen atoms in total. The Labute approximate surface area is 76.9 Å². The smallest absolute Gasteiger partial charge is 0.0156 e. The Morgan fingerprint density at radius 1 is 1.50 bits per heavy atom. The molecule has 1 saturated heterocycles. The highest BCUT2D eigenvalue weighted by atomic mass is 15.0. The fourth-order valence-electron chi connectivity index (χ4n) is 2.69. The maximum absolute atomic E-state index is 3.59. The molecule has 0 saturated carbocycles. The molecule has 0 aromatic carbocycles. The minimum atomic E-state index is 0.384. The molecule has 1 N–H and O–H groups in total. The van der Waals surface area contributed by atoms with Gasteiger partial charge in [-0.3, -0.25) is 0 Å². The molecule has 0 aromatic rings. The third-order valence-electron chi connectivity index (χ3n) is 3.39. The third-order valence-corrected chi connectivity index (χ3v) is 3.39. The minimum absolute atomic E-state index is 0.384. The highest BCUT2D eigenvalue weighted by Crippen LogP contribution is 2.34. The normalized spacial score (nSPS) is 30.5. The van der Waals surface area contributed by atoms with Crippen molar-refractivity contribution in [3.8, 4) is 0 Å². The fraction of sp³-hybridized carbons (Fsp3) is 1.00. The molecular formula is C11H23N. The van der Waals surface area contributed by atoms with Gasteiger partial charge in [-0.1, -0.05) is 26.7 Å². The molecule has 0 radical (unpaired) electrons. The first-order valence-corrected chi connectivity index (χ1v) is 5.33. The van der Waals surface area contributed by atoms with Crippen LogP contribution in [0.3, 0.4) is 0 Å². The standard InChI is InChI=1S/C11H23N/c1-5-6-9(2)10-7-8-12-11(10,3)4/h9-10,12H,5-8H2,1-4H3. The molecule has 0 aliphatic carbocycles. The Morgan fingerprint density at radius 3 is 2.58 bits per heavy atom. The van der Waals surface area contributed by atoms with Crippen LogP contribution in [0.15, 0.2) is 0 Å². The van der Waals surface area contributed by atoms with E-state index < -0.39 is 0 Å². The number of rotatable bonds is 3. The molecule has 12 heavy (non-hydrogen) atoms. The zero-order valence-corrected chi connectivity index (χ0v) is 8.98. The summed E-state index contributed by atoms with van der Waals surface area (Å²) in [5.41, 5.74) is 0.384. The lowest BCUT2D eigenvalue weighted by Gasteiger charge is -2.31. The van der Waals surface area contributed by atoms with Crippen LogP contribution in [0.5, 0.6) is 0 Å². The quantitative estimate of drug-likeness (QED) is 0.685. The van der Waals surface area contributed by atoms with Gasteiger partial charge >= 0.3 is 0 Å². The lowest BCUT2D eigenvalue weighted by Crippen LogP contribution is -2.40. The van der Waals surface area contributed by atoms with Crippen molar-refractivity contribution in [3.63, 3.8) is 0 Å². The Morgan fingerprint density at radius 2 is 2.17 bits per heavy atom. The van der Waals surface area contributed by atoms with Gasteiger partial charge in [0.15, 0.2) is 0 Å². The van der Waals surface area contributed by atoms with Crippen molar-refractivity contribution in [2.75, 3.05) is 6.54 Å². The van der Waals surface area contributed by atoms with Gasteiger partial charge in [0.25, 0.3) is 0 Å². The Hall–Kier alpha value is -0.0400. The maximum Gasteiger partial charge on any atom is 0.0156 e. The molecule has 1 aliphatic heterocycles. The summed E-state index contributed by atoms with van der Waals surface area (Å²) in [4.78, 5) is 0. The predicted molar refractivity (Wildman–Crippen MR) is 54.3 cm³/mol. The second-order valence-electron chi connectivity index (χ2n) is 4.81. The van der Waals surface area contributed by atoms with E-state index in [4.69, 9.17) is 0 Å². The van der Waals surface area contributed by atoms with E-state index in [1.54, 1.807) is 0 Å². The first-order chi connectivity index (χ1) is 5.58. The van der Waals surface area contributed by atoms with Gasteiger partial charge in [-0.25, -0.2) is 0 Å². The van der Waals surface area contributed by atoms with E-state index >= 15 is 0 Å². The van der Waals surface area contributed by atoms with Gasteiger partial charge in [0, 0.05) is 5.54 Å². The van der Waals surface area contributed by atoms with Gasteiger partial charge in [-0.2, -0.15) is 0 Å². The van der Waals surface area contributed by atoms with E-state index in [9.17, 15) is 0 Å². The third kappa shape index (κ3) is 2.01. The lowest BCUT2D eigenvalue weighted by atomic mass is 9.78. The van der Waals surface area contributed by atoms with Crippen LogP contribution in [0.4, 0.5) is 0 Å². The summed E-state index contributed by atoms with van der Waals surface area (Å²) < 4.78 is 0. The molecule has 0 spiro atoms. The van der Waals surface area contributed by atoms with Crippen molar-refractivity contribution in [2.24, 2.45) is 11.8 Å². The van der Waals surface area contributed by atoms with E-state index in [0.717, 1.165) is 11.8 Å². The molecule has 1 heteroatoms. The molecule has 1 rings (SSSR count). The summed E-state index contributed by atoms with van der Waals surface area (Å²) in [6.45, 7) is 10.6. The van der Waals surface area contributed by atoms with Crippen molar-refractivity contribution in [1.82, 2.24) is 5.32 Å². The Balaban J connectivity index is 2.50. The van der Waals surface area contributed by atoms with Gasteiger partial charge in [0.05, 0.1) is 0 Å². The van der Waals surface area contributed by atoms with Crippen molar-refractivity contribution in [2.45, 2.75) is 52.5 Å². The van der Waals surface area contributed by atoms with Gasteiger partial charge in [0.1, 0.15) is 0 Å². The number of hydrogen-bond donors (Lipinski definition) is 1. The van der Waals surface area contributed by atoms with E-state index in [1.807, 2.05) is 0 Å². The van der Waals surface area contributed by atoms with Crippen LogP contribution in [-0.2, 0) is 0 Å². The summed E-state index contributed by atoms with van der Waals surface area (Å²) in [7, 11) is 0. The first-order valence-electron chi connectivity index (χ1n) is 5.33. The highest BCUT2D eigenvalue weighted by molar-refractivity contribution is 4.94. The molecule has 1 heterocycles. The SMILES string of the molecule is CCCC(C)C1CCNC1(C)C. The molecular weight excluding hydrogens is 146 g/mol. The summed E-state index contributed by atoms with van der Waals surface area (Å²) in [5, 5.41) is 3.59. The molecule has 72 valence electrons. The highest BCUT2D eigenvalue weighted by Gasteiger charge is 2.36. The average molecular weight is 169 g/mol. The van der Waals surface area contributed by atoms with E-state index in [-0.39, 0.29) is 0 Å². The topological polar surface area (TPSA) is 12.0 Å². The van der Waals surface area contributed by atoms with Crippen molar-refractivity contribution in [1.29, 1.82) is 0 Å². The van der Waals surface area contributed by atoms with Crippen molar-refractivity contribution in [3.05, 3.63) is 0 Å². The summed E-state index contributed by atoms with van der Waals surface area (Å²) in [6, 6.07) is 0. The zero-order valence-electron chi connectivity index (χ0n) is 8.98. The fourth-order valence-corrected chi connectivity index (χ4v) is 2.69. The van der Waals surface area contributed by atoms with E-state index in [1.165, 1.54) is 25.8 Å². The van der Waals surface area contributed by atoms with Crippen LogP contribution in [0.1, 0.15) is 47.0 Å². The lowest BCUT2D eigenvalue weighted by molar-refractivity contribution is 0.235. The first kappa shape index (κ1) is 10.0. The summed E-state index contributed by atoms with van der Waals surface area (Å²) >= 11 is 0. The molecule has 2 unspecified atom stereocenters. The van der Waals surface area contributed by atoms with Crippen LogP contribution < -0.4 is 5.32 Å². The van der Waals surface area contributed by atoms with Crippen LogP contribution in [0.25, 0.3) is 0 Å². The predicted octanol–water partition coefficient (Wildman–Crippen LogP) is 2.81. The molecule has 1 fully saturated rings. The molecule has 0 aromatic heterocycles. The van der Waals surface area contributed by atoms with Gasteiger partial charge in [-0.15, -0.1) is 0 Å². The number of hydrogen-bond acceptors (Lipinski definition) is 1. The summed E-state index contributed by atoms with van der Waals surface area (Å²) in [5.74, 6) is 1.78. The van der Waals surface area contributed by atoms with Crippen LogP contribution >= 0.6 is 0 Å². The Bertz CT molecular complexity index is 140. The molecule has 1 aliphatic rings. The van der Waals surface area contributed by atoms with Gasteiger partial charge < -0.3 is 5.32 Å². The molecule has 2 atom stereocenters. The number of nitrogens with one attached hydrogen (secondary N) is 1. The molecule has 0 bridgehead atoms. The monoisotopic (exact) mass is 169 g/mol. The maximum atomic E-state index is 3.59. The van der Waals surface area contributed by atoms with Crippen LogP contribution in [0, 0.1) is 11.8 Å². The minimum Gasteiger partial charge on any atom is -0.311 e. The Kier molecular flexibility index (Phi) is 3.16. The second-order valence-corrected chi connectivity index (χ2v) is 4.81. The largest absolute Gasteiger partial charge is 0.311 e. The molecule has 0 amide bonds. The van der Waals surface area contributed by atoms with Crippen molar-refractivity contribution < 1.29 is 0 Å². The van der Waals surface area contributed by atoms with Crippen molar-refractivity contribution >= 4 is 0 Å². The van der Waals surface area contributed by atoms with Crippen LogP contribution in [-0.4, -0.2) is 12.1 Å². The second kappa shape index (κ2) is 3.78.